The Morgan fingerprint density at radius 3 is 1.79 bits per heavy atom. The summed E-state index contributed by atoms with van der Waals surface area (Å²) in [7, 11) is 0. The SMILES string of the molecule is C=COC(=O)c1ccc(C(=O)Oc2ccc3c(c2)C(C)c2cc(OC(=O)C(=C)C)ccc2-3)cc1. The van der Waals surface area contributed by atoms with E-state index in [-0.39, 0.29) is 5.92 Å². The molecule has 0 bridgehead atoms. The quantitative estimate of drug-likeness (QED) is 0.202. The fraction of sp³-hybridized carbons (Fsp3) is 0.107. The molecule has 0 heterocycles. The third-order valence-corrected chi connectivity index (χ3v) is 5.59. The Morgan fingerprint density at radius 2 is 1.29 bits per heavy atom. The van der Waals surface area contributed by atoms with Crippen LogP contribution in [0.25, 0.3) is 11.1 Å². The van der Waals surface area contributed by atoms with Crippen molar-refractivity contribution >= 4 is 17.9 Å². The van der Waals surface area contributed by atoms with Gasteiger partial charge in [-0.05, 0) is 77.7 Å². The molecule has 1 atom stereocenters. The van der Waals surface area contributed by atoms with E-state index in [1.54, 1.807) is 19.1 Å². The fourth-order valence-electron chi connectivity index (χ4n) is 3.83. The lowest BCUT2D eigenvalue weighted by Crippen LogP contribution is -2.09. The molecule has 1 unspecified atom stereocenters. The van der Waals surface area contributed by atoms with E-state index in [1.807, 2.05) is 31.2 Å². The molecular weight excluding hydrogens is 432 g/mol. The molecule has 0 fully saturated rings. The summed E-state index contributed by atoms with van der Waals surface area (Å²) in [6.07, 6.45) is 1.05. The molecule has 0 amide bonds. The summed E-state index contributed by atoms with van der Waals surface area (Å²) in [5.41, 5.74) is 5.03. The normalized spacial score (nSPS) is 13.3. The van der Waals surface area contributed by atoms with Gasteiger partial charge in [-0.2, -0.15) is 0 Å². The third kappa shape index (κ3) is 4.38. The molecule has 0 saturated heterocycles. The van der Waals surface area contributed by atoms with Crippen LogP contribution >= 0.6 is 0 Å². The second-order valence-corrected chi connectivity index (χ2v) is 7.93. The zero-order valence-corrected chi connectivity index (χ0v) is 18.8. The van der Waals surface area contributed by atoms with Gasteiger partial charge in [0, 0.05) is 11.5 Å². The summed E-state index contributed by atoms with van der Waals surface area (Å²) >= 11 is 0. The molecule has 0 radical (unpaired) electrons. The molecule has 6 heteroatoms. The van der Waals surface area contributed by atoms with Crippen LogP contribution < -0.4 is 9.47 Å². The zero-order valence-electron chi connectivity index (χ0n) is 18.8. The van der Waals surface area contributed by atoms with Crippen LogP contribution in [0.4, 0.5) is 0 Å². The highest BCUT2D eigenvalue weighted by atomic mass is 16.5. The number of carbonyl (C=O) groups excluding carboxylic acids is 3. The van der Waals surface area contributed by atoms with Gasteiger partial charge in [0.05, 0.1) is 17.4 Å². The van der Waals surface area contributed by atoms with Crippen LogP contribution in [0.5, 0.6) is 11.5 Å². The van der Waals surface area contributed by atoms with Gasteiger partial charge in [0.2, 0.25) is 0 Å². The Morgan fingerprint density at radius 1 is 0.794 bits per heavy atom. The molecule has 6 nitrogen and oxygen atoms in total. The van der Waals surface area contributed by atoms with Crippen molar-refractivity contribution in [3.63, 3.8) is 0 Å². The number of rotatable bonds is 6. The summed E-state index contributed by atoms with van der Waals surface area (Å²) < 4.78 is 15.7. The third-order valence-electron chi connectivity index (χ3n) is 5.59. The van der Waals surface area contributed by atoms with Gasteiger partial charge >= 0.3 is 17.9 Å². The topological polar surface area (TPSA) is 78.9 Å². The Labute approximate surface area is 197 Å². The second kappa shape index (κ2) is 9.19. The molecule has 170 valence electrons. The van der Waals surface area contributed by atoms with Gasteiger partial charge in [-0.1, -0.05) is 32.2 Å². The summed E-state index contributed by atoms with van der Waals surface area (Å²) in [4.78, 5) is 36.2. The maximum absolute atomic E-state index is 12.6. The van der Waals surface area contributed by atoms with Crippen molar-refractivity contribution in [1.82, 2.24) is 0 Å². The minimum Gasteiger partial charge on any atom is -0.432 e. The van der Waals surface area contributed by atoms with Crippen LogP contribution in [0.15, 0.2) is 85.7 Å². The Bertz CT molecular complexity index is 1330. The minimum atomic E-state index is -0.556. The van der Waals surface area contributed by atoms with Crippen molar-refractivity contribution in [3.05, 3.63) is 108 Å². The van der Waals surface area contributed by atoms with Crippen LogP contribution in [0, 0.1) is 0 Å². The maximum Gasteiger partial charge on any atom is 0.343 e. The minimum absolute atomic E-state index is 0.0160. The smallest absolute Gasteiger partial charge is 0.343 e. The van der Waals surface area contributed by atoms with Gasteiger partial charge in [-0.25, -0.2) is 14.4 Å². The van der Waals surface area contributed by atoms with Crippen molar-refractivity contribution in [2.45, 2.75) is 19.8 Å². The second-order valence-electron chi connectivity index (χ2n) is 7.93. The summed E-state index contributed by atoms with van der Waals surface area (Å²) in [5.74, 6) is -0.684. The number of carbonyl (C=O) groups is 3. The molecule has 4 rings (SSSR count). The van der Waals surface area contributed by atoms with E-state index in [1.165, 1.54) is 24.3 Å². The highest BCUT2D eigenvalue weighted by Gasteiger charge is 2.27. The Kier molecular flexibility index (Phi) is 6.15. The summed E-state index contributed by atoms with van der Waals surface area (Å²) in [6.45, 7) is 10.6. The van der Waals surface area contributed by atoms with Gasteiger partial charge in [-0.15, -0.1) is 0 Å². The van der Waals surface area contributed by atoms with E-state index in [4.69, 9.17) is 14.2 Å². The van der Waals surface area contributed by atoms with Gasteiger partial charge in [0.25, 0.3) is 0 Å². The molecule has 34 heavy (non-hydrogen) atoms. The van der Waals surface area contributed by atoms with Crippen molar-refractivity contribution in [2.24, 2.45) is 0 Å². The number of fused-ring (bicyclic) bond motifs is 3. The monoisotopic (exact) mass is 454 g/mol. The first-order valence-electron chi connectivity index (χ1n) is 10.6. The van der Waals surface area contributed by atoms with Gasteiger partial charge in [0.1, 0.15) is 11.5 Å². The van der Waals surface area contributed by atoms with Crippen molar-refractivity contribution in [2.75, 3.05) is 0 Å². The first kappa shape index (κ1) is 22.7. The highest BCUT2D eigenvalue weighted by molar-refractivity contribution is 5.94. The van der Waals surface area contributed by atoms with Gasteiger partial charge in [-0.3, -0.25) is 0 Å². The number of benzene rings is 3. The first-order chi connectivity index (χ1) is 16.3. The largest absolute Gasteiger partial charge is 0.432 e. The number of hydrogen-bond donors (Lipinski definition) is 0. The highest BCUT2D eigenvalue weighted by Crippen LogP contribution is 2.47. The maximum atomic E-state index is 12.6. The Balaban J connectivity index is 1.52. The molecule has 0 aromatic heterocycles. The van der Waals surface area contributed by atoms with Gasteiger partial charge < -0.3 is 14.2 Å². The van der Waals surface area contributed by atoms with Crippen LogP contribution in [-0.2, 0) is 9.53 Å². The van der Waals surface area contributed by atoms with E-state index in [0.717, 1.165) is 28.5 Å². The molecule has 0 N–H and O–H groups in total. The predicted molar refractivity (Wildman–Crippen MR) is 127 cm³/mol. The van der Waals surface area contributed by atoms with Crippen molar-refractivity contribution in [1.29, 1.82) is 0 Å². The molecular formula is C28H22O6. The van der Waals surface area contributed by atoms with Crippen molar-refractivity contribution in [3.8, 4) is 22.6 Å². The van der Waals surface area contributed by atoms with E-state index >= 15 is 0 Å². The van der Waals surface area contributed by atoms with E-state index < -0.39 is 17.9 Å². The number of ether oxygens (including phenoxy) is 3. The van der Waals surface area contributed by atoms with E-state index in [2.05, 4.69) is 13.2 Å². The lowest BCUT2D eigenvalue weighted by atomic mass is 9.99. The average molecular weight is 454 g/mol. The van der Waals surface area contributed by atoms with Crippen LogP contribution in [0.3, 0.4) is 0 Å². The summed E-state index contributed by atoms with van der Waals surface area (Å²) in [5, 5.41) is 0. The molecule has 0 saturated carbocycles. The van der Waals surface area contributed by atoms with E-state index in [0.29, 0.717) is 28.2 Å². The van der Waals surface area contributed by atoms with Crippen molar-refractivity contribution < 1.29 is 28.6 Å². The van der Waals surface area contributed by atoms with Crippen LogP contribution in [0.2, 0.25) is 0 Å². The standard InChI is InChI=1S/C28H22O6/c1-5-32-27(30)18-6-8-19(9-7-18)28(31)34-21-11-13-23-22-12-10-20(33-26(29)16(2)3)14-24(22)17(4)25(23)15-21/h5-15,17H,1-2H2,3-4H3. The average Bonchev–Trinajstić information content (AvgIpc) is 3.10. The van der Waals surface area contributed by atoms with E-state index in [9.17, 15) is 14.4 Å². The predicted octanol–water partition coefficient (Wildman–Crippen LogP) is 5.82. The molecule has 0 aliphatic heterocycles. The molecule has 0 spiro atoms. The molecule has 1 aliphatic carbocycles. The lowest BCUT2D eigenvalue weighted by Gasteiger charge is -2.10. The van der Waals surface area contributed by atoms with Crippen LogP contribution in [-0.4, -0.2) is 17.9 Å². The first-order valence-corrected chi connectivity index (χ1v) is 10.6. The summed E-state index contributed by atoms with van der Waals surface area (Å²) in [6, 6.07) is 17.0. The number of esters is 3. The molecule has 1 aliphatic rings. The molecule has 3 aromatic carbocycles. The fourth-order valence-corrected chi connectivity index (χ4v) is 3.83. The van der Waals surface area contributed by atoms with Crippen LogP contribution in [0.1, 0.15) is 51.6 Å². The lowest BCUT2D eigenvalue weighted by molar-refractivity contribution is -0.130. The zero-order chi connectivity index (χ0) is 24.4. The Hall–Kier alpha value is -4.45. The number of hydrogen-bond acceptors (Lipinski definition) is 6. The van der Waals surface area contributed by atoms with Gasteiger partial charge in [0.15, 0.2) is 0 Å². The molecule has 3 aromatic rings.